The summed E-state index contributed by atoms with van der Waals surface area (Å²) >= 11 is 0. The van der Waals surface area contributed by atoms with Crippen LogP contribution in [-0.2, 0) is 4.74 Å². The summed E-state index contributed by atoms with van der Waals surface area (Å²) in [4.78, 5) is 12.1. The zero-order chi connectivity index (χ0) is 20.7. The molecule has 5 rings (SSSR count). The fourth-order valence-corrected chi connectivity index (χ4v) is 5.01. The van der Waals surface area contributed by atoms with Gasteiger partial charge >= 0.3 is 6.09 Å². The van der Waals surface area contributed by atoms with Crippen molar-refractivity contribution in [1.29, 1.82) is 0 Å². The second-order valence-corrected chi connectivity index (χ2v) is 7.90. The van der Waals surface area contributed by atoms with Gasteiger partial charge in [-0.2, -0.15) is 0 Å². The van der Waals surface area contributed by atoms with Gasteiger partial charge in [0.25, 0.3) is 0 Å². The highest BCUT2D eigenvalue weighted by molar-refractivity contribution is 5.72. The molecule has 0 aromatic heterocycles. The molecule has 7 heteroatoms. The molecule has 30 heavy (non-hydrogen) atoms. The van der Waals surface area contributed by atoms with Gasteiger partial charge < -0.3 is 29.4 Å². The summed E-state index contributed by atoms with van der Waals surface area (Å²) in [6, 6.07) is 13.7. The molecular weight excluding hydrogens is 386 g/mol. The molecule has 5 atom stereocenters. The van der Waals surface area contributed by atoms with E-state index in [1.807, 2.05) is 30.3 Å². The first-order valence-corrected chi connectivity index (χ1v) is 10.4. The number of fused-ring (bicyclic) bond motifs is 5. The van der Waals surface area contributed by atoms with Crippen LogP contribution in [0.1, 0.15) is 35.8 Å². The minimum Gasteiger partial charge on any atom is -0.496 e. The lowest BCUT2D eigenvalue weighted by atomic mass is 9.90. The minimum absolute atomic E-state index is 0.0290. The maximum absolute atomic E-state index is 12.1. The molecule has 7 nitrogen and oxygen atoms in total. The van der Waals surface area contributed by atoms with Gasteiger partial charge in [0, 0.05) is 30.2 Å². The molecule has 3 aliphatic rings. The van der Waals surface area contributed by atoms with Gasteiger partial charge in [0.15, 0.2) is 0 Å². The molecular formula is C23H25NO6. The second-order valence-electron chi connectivity index (χ2n) is 7.90. The predicted octanol–water partition coefficient (Wildman–Crippen LogP) is 2.97. The minimum atomic E-state index is -0.388. The highest BCUT2D eigenvalue weighted by atomic mass is 16.6. The molecule has 0 spiro atoms. The van der Waals surface area contributed by atoms with E-state index in [1.54, 1.807) is 7.11 Å². The van der Waals surface area contributed by atoms with Crippen LogP contribution in [0.25, 0.3) is 0 Å². The molecule has 0 bridgehead atoms. The Morgan fingerprint density at radius 2 is 1.90 bits per heavy atom. The molecule has 1 saturated carbocycles. The standard InChI is InChI=1S/C23H25NO6/c1-27-15-11-14(28-10-6-5-9-25)12-16-18(15)19-21(29-16)17(13-7-3-2-4-8-13)20-22(19)30-23(26)24-20/h2-4,7-8,11-12,17,19-22,25H,5-6,9-10H2,1H3,(H,24,26)/t17-,19?,20?,21?,22?/m1/s1. The molecule has 4 unspecified atom stereocenters. The Kier molecular flexibility index (Phi) is 4.90. The lowest BCUT2D eigenvalue weighted by Gasteiger charge is -2.22. The van der Waals surface area contributed by atoms with E-state index in [9.17, 15) is 4.79 Å². The number of aliphatic hydroxyl groups is 1. The van der Waals surface area contributed by atoms with Crippen LogP contribution in [0.3, 0.4) is 0 Å². The third-order valence-corrected chi connectivity index (χ3v) is 6.23. The van der Waals surface area contributed by atoms with Gasteiger partial charge in [-0.05, 0) is 18.4 Å². The third-order valence-electron chi connectivity index (χ3n) is 6.23. The number of hydrogen-bond acceptors (Lipinski definition) is 6. The summed E-state index contributed by atoms with van der Waals surface area (Å²) in [7, 11) is 1.62. The number of carbonyl (C=O) groups excluding carboxylic acids is 1. The van der Waals surface area contributed by atoms with Gasteiger partial charge in [-0.3, -0.25) is 0 Å². The van der Waals surface area contributed by atoms with Crippen molar-refractivity contribution in [3.05, 3.63) is 53.6 Å². The molecule has 0 radical (unpaired) electrons. The van der Waals surface area contributed by atoms with Crippen LogP contribution in [0.5, 0.6) is 17.2 Å². The zero-order valence-electron chi connectivity index (χ0n) is 16.7. The number of rotatable bonds is 7. The van der Waals surface area contributed by atoms with Crippen LogP contribution in [-0.4, -0.2) is 49.8 Å². The number of alkyl carbamates (subject to hydrolysis) is 1. The van der Waals surface area contributed by atoms with Crippen molar-refractivity contribution < 1.29 is 28.8 Å². The maximum Gasteiger partial charge on any atom is 0.407 e. The molecule has 2 heterocycles. The van der Waals surface area contributed by atoms with Crippen LogP contribution in [0.4, 0.5) is 4.79 Å². The summed E-state index contributed by atoms with van der Waals surface area (Å²) in [5.74, 6) is 1.90. The number of aliphatic hydroxyl groups excluding tert-OH is 1. The Hall–Kier alpha value is -2.93. The zero-order valence-corrected chi connectivity index (χ0v) is 16.7. The van der Waals surface area contributed by atoms with Gasteiger partial charge in [-0.1, -0.05) is 30.3 Å². The molecule has 1 aliphatic carbocycles. The Balaban J connectivity index is 1.50. The number of amides is 1. The predicted molar refractivity (Wildman–Crippen MR) is 108 cm³/mol. The topological polar surface area (TPSA) is 86.3 Å². The molecule has 2 aliphatic heterocycles. The van der Waals surface area contributed by atoms with Crippen LogP contribution < -0.4 is 19.5 Å². The van der Waals surface area contributed by atoms with Crippen molar-refractivity contribution in [1.82, 2.24) is 5.32 Å². The maximum atomic E-state index is 12.1. The van der Waals surface area contributed by atoms with E-state index in [4.69, 9.17) is 24.1 Å². The van der Waals surface area contributed by atoms with Crippen molar-refractivity contribution in [2.24, 2.45) is 0 Å². The first kappa shape index (κ1) is 19.1. The van der Waals surface area contributed by atoms with Crippen LogP contribution >= 0.6 is 0 Å². The van der Waals surface area contributed by atoms with Gasteiger partial charge in [-0.25, -0.2) is 4.79 Å². The summed E-state index contributed by atoms with van der Waals surface area (Å²) in [6.07, 6.45) is 0.586. The van der Waals surface area contributed by atoms with Crippen LogP contribution in [0.15, 0.2) is 42.5 Å². The fraction of sp³-hybridized carbons (Fsp3) is 0.435. The van der Waals surface area contributed by atoms with Gasteiger partial charge in [0.1, 0.15) is 29.5 Å². The molecule has 158 valence electrons. The Bertz CT molecular complexity index is 933. The molecule has 2 aromatic rings. The van der Waals surface area contributed by atoms with Crippen molar-refractivity contribution in [3.63, 3.8) is 0 Å². The molecule has 1 amide bonds. The van der Waals surface area contributed by atoms with Gasteiger partial charge in [0.2, 0.25) is 0 Å². The average molecular weight is 411 g/mol. The SMILES string of the molecule is COc1cc(OCCCCO)cc2c1C1C3OC(=O)NC3[C@@H](c3ccccc3)C1O2. The number of carbonyl (C=O) groups is 1. The number of benzene rings is 2. The summed E-state index contributed by atoms with van der Waals surface area (Å²) < 4.78 is 23.7. The number of ether oxygens (including phenoxy) is 4. The number of nitrogens with one attached hydrogen (secondary N) is 1. The van der Waals surface area contributed by atoms with E-state index in [0.717, 1.165) is 17.5 Å². The second kappa shape index (κ2) is 7.72. The van der Waals surface area contributed by atoms with Gasteiger partial charge in [-0.15, -0.1) is 0 Å². The fourth-order valence-electron chi connectivity index (χ4n) is 5.01. The largest absolute Gasteiger partial charge is 0.496 e. The van der Waals surface area contributed by atoms with E-state index in [0.29, 0.717) is 30.3 Å². The highest BCUT2D eigenvalue weighted by Gasteiger charge is 2.62. The number of methoxy groups -OCH3 is 1. The quantitative estimate of drug-likeness (QED) is 0.682. The molecule has 2 fully saturated rings. The van der Waals surface area contributed by atoms with Crippen LogP contribution in [0.2, 0.25) is 0 Å². The average Bonchev–Trinajstić information content (AvgIpc) is 3.39. The van der Waals surface area contributed by atoms with E-state index in [-0.39, 0.29) is 42.8 Å². The Morgan fingerprint density at radius 1 is 1.07 bits per heavy atom. The smallest absolute Gasteiger partial charge is 0.407 e. The monoisotopic (exact) mass is 411 g/mol. The first-order valence-electron chi connectivity index (χ1n) is 10.4. The van der Waals surface area contributed by atoms with E-state index in [1.165, 1.54) is 0 Å². The van der Waals surface area contributed by atoms with Crippen molar-refractivity contribution >= 4 is 6.09 Å². The first-order chi connectivity index (χ1) is 14.7. The normalized spacial score (nSPS) is 28.1. The highest BCUT2D eigenvalue weighted by Crippen LogP contribution is 2.58. The van der Waals surface area contributed by atoms with Crippen molar-refractivity contribution in [2.45, 2.75) is 42.9 Å². The molecule has 2 aromatic carbocycles. The number of hydrogen-bond donors (Lipinski definition) is 2. The van der Waals surface area contributed by atoms with Crippen molar-refractivity contribution in [3.8, 4) is 17.2 Å². The lowest BCUT2D eigenvalue weighted by molar-refractivity contribution is 0.114. The van der Waals surface area contributed by atoms with E-state index >= 15 is 0 Å². The summed E-state index contributed by atoms with van der Waals surface area (Å²) in [5, 5.41) is 11.9. The lowest BCUT2D eigenvalue weighted by Crippen LogP contribution is -2.35. The summed E-state index contributed by atoms with van der Waals surface area (Å²) in [5.41, 5.74) is 2.04. The molecule has 2 N–H and O–H groups in total. The van der Waals surface area contributed by atoms with Crippen LogP contribution in [0, 0.1) is 0 Å². The Morgan fingerprint density at radius 3 is 2.67 bits per heavy atom. The van der Waals surface area contributed by atoms with E-state index < -0.39 is 0 Å². The Labute approximate surface area is 174 Å². The molecule has 1 saturated heterocycles. The number of unbranched alkanes of at least 4 members (excludes halogenated alkanes) is 1. The van der Waals surface area contributed by atoms with Crippen molar-refractivity contribution in [2.75, 3.05) is 20.3 Å². The third kappa shape index (κ3) is 3.04. The van der Waals surface area contributed by atoms with E-state index in [2.05, 4.69) is 17.4 Å². The summed E-state index contributed by atoms with van der Waals surface area (Å²) in [6.45, 7) is 0.660. The van der Waals surface area contributed by atoms with Gasteiger partial charge in [0.05, 0.1) is 25.7 Å².